The minimum Gasteiger partial charge on any atom is -0.383 e. The Morgan fingerprint density at radius 3 is 2.47 bits per heavy atom. The van der Waals surface area contributed by atoms with Crippen molar-refractivity contribution >= 4 is 29.0 Å². The van der Waals surface area contributed by atoms with Gasteiger partial charge in [0, 0.05) is 17.1 Å². The number of aromatic nitrogens is 2. The molecule has 3 N–H and O–H groups in total. The fourth-order valence-corrected chi connectivity index (χ4v) is 3.62. The van der Waals surface area contributed by atoms with Crippen LogP contribution in [0.3, 0.4) is 0 Å². The van der Waals surface area contributed by atoms with Crippen molar-refractivity contribution in [3.05, 3.63) is 91.3 Å². The van der Waals surface area contributed by atoms with Crippen LogP contribution < -0.4 is 21.9 Å². The van der Waals surface area contributed by atoms with Gasteiger partial charge >= 0.3 is 5.69 Å². The Morgan fingerprint density at radius 2 is 1.84 bits per heavy atom. The van der Waals surface area contributed by atoms with Gasteiger partial charge in [0.05, 0.1) is 13.0 Å². The molecule has 1 heterocycles. The van der Waals surface area contributed by atoms with Gasteiger partial charge in [-0.25, -0.2) is 9.18 Å². The van der Waals surface area contributed by atoms with Crippen LogP contribution in [0.4, 0.5) is 15.9 Å². The molecule has 0 bridgehead atoms. The molecule has 1 aromatic heterocycles. The van der Waals surface area contributed by atoms with Crippen molar-refractivity contribution in [2.24, 2.45) is 5.92 Å². The highest BCUT2D eigenvalue weighted by atomic mass is 35.5. The van der Waals surface area contributed by atoms with E-state index in [1.165, 1.54) is 27.7 Å². The normalized spacial score (nSPS) is 11.0. The molecule has 3 rings (SSSR count). The number of carbonyl (C=O) groups excluding carboxylic acids is 1. The van der Waals surface area contributed by atoms with Gasteiger partial charge in [-0.2, -0.15) is 0 Å². The van der Waals surface area contributed by atoms with E-state index in [1.807, 2.05) is 44.2 Å². The highest BCUT2D eigenvalue weighted by Crippen LogP contribution is 2.24. The van der Waals surface area contributed by atoms with Crippen LogP contribution in [0, 0.1) is 11.7 Å². The smallest absolute Gasteiger partial charge is 0.330 e. The lowest BCUT2D eigenvalue weighted by molar-refractivity contribution is -0.118. The van der Waals surface area contributed by atoms with E-state index in [4.69, 9.17) is 17.3 Å². The van der Waals surface area contributed by atoms with Gasteiger partial charge in [-0.1, -0.05) is 61.8 Å². The zero-order valence-corrected chi connectivity index (χ0v) is 18.5. The maximum absolute atomic E-state index is 14.3. The number of nitrogens with two attached hydrogens (primary N) is 1. The first-order chi connectivity index (χ1) is 15.2. The van der Waals surface area contributed by atoms with Gasteiger partial charge in [-0.3, -0.25) is 19.1 Å². The average molecular weight is 459 g/mol. The number of benzene rings is 2. The molecular weight excluding hydrogens is 435 g/mol. The number of nitrogens with one attached hydrogen (secondary N) is 1. The monoisotopic (exact) mass is 458 g/mol. The first-order valence-electron chi connectivity index (χ1n) is 10.1. The summed E-state index contributed by atoms with van der Waals surface area (Å²) >= 11 is 6.08. The predicted octanol–water partition coefficient (Wildman–Crippen LogP) is 3.19. The van der Waals surface area contributed by atoms with E-state index in [1.54, 1.807) is 0 Å². The third-order valence-corrected chi connectivity index (χ3v) is 5.26. The molecule has 32 heavy (non-hydrogen) atoms. The predicted molar refractivity (Wildman–Crippen MR) is 124 cm³/mol. The quantitative estimate of drug-likeness (QED) is 0.567. The van der Waals surface area contributed by atoms with Crippen LogP contribution in [0.25, 0.3) is 0 Å². The second-order valence-corrected chi connectivity index (χ2v) is 8.25. The molecule has 0 aliphatic carbocycles. The summed E-state index contributed by atoms with van der Waals surface area (Å²) in [6.45, 7) is 3.97. The molecule has 1 amide bonds. The number of aromatic amines is 1. The molecule has 0 saturated carbocycles. The molecule has 0 unspecified atom stereocenters. The van der Waals surface area contributed by atoms with E-state index >= 15 is 0 Å². The Balaban J connectivity index is 2.07. The van der Waals surface area contributed by atoms with E-state index < -0.39 is 23.0 Å². The van der Waals surface area contributed by atoms with Crippen molar-refractivity contribution in [1.29, 1.82) is 0 Å². The Bertz CT molecular complexity index is 1220. The maximum Gasteiger partial charge on any atom is 0.330 e. The summed E-state index contributed by atoms with van der Waals surface area (Å²) in [6.07, 6.45) is -0.366. The van der Waals surface area contributed by atoms with E-state index in [0.29, 0.717) is 0 Å². The lowest BCUT2D eigenvalue weighted by Gasteiger charge is -2.26. The van der Waals surface area contributed by atoms with Gasteiger partial charge < -0.3 is 10.6 Å². The third-order valence-electron chi connectivity index (χ3n) is 4.91. The number of hydrogen-bond donors (Lipinski definition) is 2. The Morgan fingerprint density at radius 1 is 1.16 bits per heavy atom. The number of halogens is 2. The lowest BCUT2D eigenvalue weighted by Crippen LogP contribution is -2.43. The van der Waals surface area contributed by atoms with Crippen LogP contribution in [0.1, 0.15) is 25.0 Å². The van der Waals surface area contributed by atoms with Gasteiger partial charge in [-0.05, 0) is 23.6 Å². The van der Waals surface area contributed by atoms with Crippen molar-refractivity contribution in [1.82, 2.24) is 9.55 Å². The summed E-state index contributed by atoms with van der Waals surface area (Å²) in [5, 5.41) is 0.110. The summed E-state index contributed by atoms with van der Waals surface area (Å²) in [4.78, 5) is 41.9. The topological polar surface area (TPSA) is 101 Å². The molecule has 0 spiro atoms. The number of nitrogens with zero attached hydrogens (tertiary/aromatic N) is 2. The van der Waals surface area contributed by atoms with Crippen molar-refractivity contribution in [2.45, 2.75) is 26.8 Å². The molecule has 0 saturated heterocycles. The SMILES string of the molecule is CC(C)CN(C(=O)Cc1c(F)cccc1Cl)c1c(N)n(Cc2ccccc2)c(=O)[nH]c1=O. The summed E-state index contributed by atoms with van der Waals surface area (Å²) in [7, 11) is 0. The Hall–Kier alpha value is -3.39. The van der Waals surface area contributed by atoms with E-state index in [9.17, 15) is 18.8 Å². The summed E-state index contributed by atoms with van der Waals surface area (Å²) < 4.78 is 15.5. The van der Waals surface area contributed by atoms with Gasteiger partial charge in [-0.15, -0.1) is 0 Å². The molecule has 0 atom stereocenters. The molecular formula is C23H24ClFN4O3. The van der Waals surface area contributed by atoms with Crippen LogP contribution in [0.5, 0.6) is 0 Å². The fourth-order valence-electron chi connectivity index (χ4n) is 3.39. The van der Waals surface area contributed by atoms with Gasteiger partial charge in [0.25, 0.3) is 5.56 Å². The zero-order chi connectivity index (χ0) is 23.4. The Kier molecular flexibility index (Phi) is 7.15. The van der Waals surface area contributed by atoms with Crippen LogP contribution >= 0.6 is 11.6 Å². The molecule has 9 heteroatoms. The number of hydrogen-bond acceptors (Lipinski definition) is 4. The first-order valence-corrected chi connectivity index (χ1v) is 10.5. The summed E-state index contributed by atoms with van der Waals surface area (Å²) in [6, 6.07) is 13.2. The standard InChI is InChI=1S/C23H24ClFN4O3/c1-14(2)12-28(19(30)11-16-17(24)9-6-10-18(16)25)20-21(26)29(23(32)27-22(20)31)13-15-7-4-3-5-8-15/h3-10,14H,11-13,26H2,1-2H3,(H,27,31,32). The molecule has 7 nitrogen and oxygen atoms in total. The van der Waals surface area contributed by atoms with Crippen molar-refractivity contribution in [2.75, 3.05) is 17.2 Å². The third kappa shape index (κ3) is 5.08. The minimum absolute atomic E-state index is 0.0283. The highest BCUT2D eigenvalue weighted by molar-refractivity contribution is 6.31. The second kappa shape index (κ2) is 9.82. The molecule has 3 aromatic rings. The number of H-pyrrole nitrogens is 1. The largest absolute Gasteiger partial charge is 0.383 e. The van der Waals surface area contributed by atoms with E-state index in [2.05, 4.69) is 4.98 Å². The fraction of sp³-hybridized carbons (Fsp3) is 0.261. The van der Waals surface area contributed by atoms with Crippen LogP contribution in [0.15, 0.2) is 58.1 Å². The molecule has 2 aromatic carbocycles. The molecule has 0 aliphatic heterocycles. The number of amides is 1. The molecule has 0 aliphatic rings. The average Bonchev–Trinajstić information content (AvgIpc) is 2.73. The van der Waals surface area contributed by atoms with E-state index in [0.717, 1.165) is 5.56 Å². The number of nitrogen functional groups attached to an aromatic ring is 1. The number of anilines is 2. The van der Waals surface area contributed by atoms with Crippen LogP contribution in [-0.4, -0.2) is 22.0 Å². The number of rotatable bonds is 7. The van der Waals surface area contributed by atoms with Crippen molar-refractivity contribution < 1.29 is 9.18 Å². The van der Waals surface area contributed by atoms with Gasteiger partial charge in [0.1, 0.15) is 11.6 Å². The minimum atomic E-state index is -0.787. The van der Waals surface area contributed by atoms with Gasteiger partial charge in [0.2, 0.25) is 5.91 Å². The van der Waals surface area contributed by atoms with Gasteiger partial charge in [0.15, 0.2) is 5.69 Å². The first kappa shape index (κ1) is 23.3. The van der Waals surface area contributed by atoms with Crippen LogP contribution in [-0.2, 0) is 17.8 Å². The Labute approximate surface area is 189 Å². The second-order valence-electron chi connectivity index (χ2n) is 7.84. The maximum atomic E-state index is 14.3. The summed E-state index contributed by atoms with van der Waals surface area (Å²) in [5.41, 5.74) is 5.45. The summed E-state index contributed by atoms with van der Waals surface area (Å²) in [5.74, 6) is -1.36. The highest BCUT2D eigenvalue weighted by Gasteiger charge is 2.26. The van der Waals surface area contributed by atoms with Crippen molar-refractivity contribution in [3.8, 4) is 0 Å². The van der Waals surface area contributed by atoms with Crippen LogP contribution in [0.2, 0.25) is 5.02 Å². The zero-order valence-electron chi connectivity index (χ0n) is 17.8. The molecule has 0 fully saturated rings. The van der Waals surface area contributed by atoms with E-state index in [-0.39, 0.29) is 47.5 Å². The van der Waals surface area contributed by atoms with Crippen molar-refractivity contribution in [3.63, 3.8) is 0 Å². The molecule has 0 radical (unpaired) electrons. The lowest BCUT2D eigenvalue weighted by atomic mass is 10.1. The number of carbonyl (C=O) groups is 1. The molecule has 168 valence electrons.